The Bertz CT molecular complexity index is 747. The van der Waals surface area contributed by atoms with Crippen molar-refractivity contribution in [1.29, 1.82) is 0 Å². The van der Waals surface area contributed by atoms with Crippen LogP contribution in [0.3, 0.4) is 0 Å². The molecule has 1 aliphatic rings. The number of allylic oxidation sites excluding steroid dienone is 1. The van der Waals surface area contributed by atoms with Gasteiger partial charge in [-0.15, -0.1) is 0 Å². The Morgan fingerprint density at radius 3 is 2.65 bits per heavy atom. The van der Waals surface area contributed by atoms with Crippen molar-refractivity contribution in [3.05, 3.63) is 46.1 Å². The molecular formula is C18H21ClN2O5. The molecule has 0 aliphatic carbocycles. The predicted molar refractivity (Wildman–Crippen MR) is 95.6 cm³/mol. The second-order valence-corrected chi connectivity index (χ2v) is 6.18. The number of ether oxygens (including phenoxy) is 1. The number of hydrogen-bond acceptors (Lipinski definition) is 4. The zero-order valence-electron chi connectivity index (χ0n) is 14.6. The standard InChI is InChI=1S/C18H21ClN2O5/c1-3-26-17(24)15-11(2)21(10-6-9-14(22)23)18(25)20-16(15)12-7-4-5-8-13(12)19/h4-5,7-8,16H,3,6,9-10H2,1-2H3,(H,20,25)(H,22,23)/t16-/m0/s1. The average molecular weight is 381 g/mol. The second kappa shape index (κ2) is 8.71. The first-order chi connectivity index (χ1) is 12.4. The molecule has 1 aromatic rings. The smallest absolute Gasteiger partial charge is 0.338 e. The van der Waals surface area contributed by atoms with Gasteiger partial charge in [0.05, 0.1) is 18.2 Å². The zero-order valence-corrected chi connectivity index (χ0v) is 15.4. The molecule has 0 unspecified atom stereocenters. The summed E-state index contributed by atoms with van der Waals surface area (Å²) in [6.45, 7) is 3.72. The SMILES string of the molecule is CCOC(=O)C1=C(C)N(CCCC(=O)O)C(=O)N[C@H]1c1ccccc1Cl. The summed E-state index contributed by atoms with van der Waals surface area (Å²) in [4.78, 5) is 37.2. The zero-order chi connectivity index (χ0) is 19.3. The van der Waals surface area contributed by atoms with Crippen molar-refractivity contribution < 1.29 is 24.2 Å². The van der Waals surface area contributed by atoms with E-state index in [1.807, 2.05) is 0 Å². The summed E-state index contributed by atoms with van der Waals surface area (Å²) < 4.78 is 5.16. The first kappa shape index (κ1) is 19.8. The maximum absolute atomic E-state index is 12.5. The number of rotatable bonds is 7. The van der Waals surface area contributed by atoms with Crippen LogP contribution in [-0.2, 0) is 14.3 Å². The van der Waals surface area contributed by atoms with E-state index in [0.29, 0.717) is 16.3 Å². The summed E-state index contributed by atoms with van der Waals surface area (Å²) in [6, 6.07) is 5.80. The summed E-state index contributed by atoms with van der Waals surface area (Å²) in [5, 5.41) is 12.0. The Hall–Kier alpha value is -2.54. The molecule has 1 heterocycles. The van der Waals surface area contributed by atoms with Gasteiger partial charge in [0, 0.05) is 23.7 Å². The van der Waals surface area contributed by atoms with E-state index >= 15 is 0 Å². The minimum Gasteiger partial charge on any atom is -0.481 e. The van der Waals surface area contributed by atoms with Gasteiger partial charge in [-0.1, -0.05) is 29.8 Å². The van der Waals surface area contributed by atoms with Gasteiger partial charge in [-0.2, -0.15) is 0 Å². The number of esters is 1. The third kappa shape index (κ3) is 4.35. The number of carbonyl (C=O) groups excluding carboxylic acids is 2. The predicted octanol–water partition coefficient (Wildman–Crippen LogP) is 3.11. The third-order valence-electron chi connectivity index (χ3n) is 4.08. The van der Waals surface area contributed by atoms with Crippen LogP contribution in [0.5, 0.6) is 0 Å². The Morgan fingerprint density at radius 1 is 1.35 bits per heavy atom. The number of carbonyl (C=O) groups is 3. The lowest BCUT2D eigenvalue weighted by molar-refractivity contribution is -0.139. The molecule has 0 spiro atoms. The van der Waals surface area contributed by atoms with Crippen LogP contribution in [0.1, 0.15) is 38.3 Å². The lowest BCUT2D eigenvalue weighted by Gasteiger charge is -2.35. The highest BCUT2D eigenvalue weighted by Gasteiger charge is 2.37. The van der Waals surface area contributed by atoms with Crippen LogP contribution in [0.2, 0.25) is 5.02 Å². The van der Waals surface area contributed by atoms with Crippen LogP contribution in [0, 0.1) is 0 Å². The number of benzene rings is 1. The number of hydrogen-bond donors (Lipinski definition) is 2. The molecule has 8 heteroatoms. The van der Waals surface area contributed by atoms with Gasteiger partial charge in [0.2, 0.25) is 0 Å². The van der Waals surface area contributed by atoms with Crippen molar-refractivity contribution in [1.82, 2.24) is 10.2 Å². The van der Waals surface area contributed by atoms with Crippen molar-refractivity contribution in [2.75, 3.05) is 13.2 Å². The van der Waals surface area contributed by atoms with Gasteiger partial charge < -0.3 is 15.2 Å². The number of amides is 2. The van der Waals surface area contributed by atoms with E-state index in [1.54, 1.807) is 38.1 Å². The van der Waals surface area contributed by atoms with Crippen LogP contribution < -0.4 is 5.32 Å². The second-order valence-electron chi connectivity index (χ2n) is 5.77. The van der Waals surface area contributed by atoms with Crippen LogP contribution in [0.4, 0.5) is 4.79 Å². The van der Waals surface area contributed by atoms with Gasteiger partial charge in [0.15, 0.2) is 0 Å². The molecule has 1 aromatic carbocycles. The van der Waals surface area contributed by atoms with E-state index in [2.05, 4.69) is 5.32 Å². The van der Waals surface area contributed by atoms with Gasteiger partial charge in [-0.05, 0) is 31.9 Å². The number of halogens is 1. The Balaban J connectivity index is 2.42. The maximum atomic E-state index is 12.5. The average Bonchev–Trinajstić information content (AvgIpc) is 2.57. The van der Waals surface area contributed by atoms with Gasteiger partial charge in [-0.3, -0.25) is 9.69 Å². The monoisotopic (exact) mass is 380 g/mol. The summed E-state index contributed by atoms with van der Waals surface area (Å²) in [7, 11) is 0. The number of carboxylic acids is 1. The van der Waals surface area contributed by atoms with Gasteiger partial charge in [-0.25, -0.2) is 9.59 Å². The van der Waals surface area contributed by atoms with Crippen LogP contribution in [0.25, 0.3) is 0 Å². The van der Waals surface area contributed by atoms with Crippen molar-refractivity contribution in [2.45, 2.75) is 32.7 Å². The number of urea groups is 1. The topological polar surface area (TPSA) is 95.9 Å². The fourth-order valence-electron chi connectivity index (χ4n) is 2.85. The first-order valence-electron chi connectivity index (χ1n) is 8.29. The molecular weight excluding hydrogens is 360 g/mol. The lowest BCUT2D eigenvalue weighted by atomic mass is 9.94. The van der Waals surface area contributed by atoms with E-state index in [4.69, 9.17) is 21.4 Å². The molecule has 7 nitrogen and oxygen atoms in total. The molecule has 140 valence electrons. The Morgan fingerprint density at radius 2 is 2.04 bits per heavy atom. The number of aliphatic carboxylic acids is 1. The molecule has 0 saturated heterocycles. The van der Waals surface area contributed by atoms with Crippen molar-refractivity contribution in [3.63, 3.8) is 0 Å². The van der Waals surface area contributed by atoms with E-state index in [1.165, 1.54) is 4.90 Å². The highest BCUT2D eigenvalue weighted by atomic mass is 35.5. The third-order valence-corrected chi connectivity index (χ3v) is 4.42. The van der Waals surface area contributed by atoms with Crippen molar-refractivity contribution >= 4 is 29.6 Å². The number of nitrogens with one attached hydrogen (secondary N) is 1. The summed E-state index contributed by atoms with van der Waals surface area (Å²) in [5.41, 5.74) is 1.31. The first-order valence-corrected chi connectivity index (χ1v) is 8.66. The van der Waals surface area contributed by atoms with E-state index in [-0.39, 0.29) is 31.6 Å². The lowest BCUT2D eigenvalue weighted by Crippen LogP contribution is -2.48. The molecule has 0 fully saturated rings. The molecule has 1 aliphatic heterocycles. The fraction of sp³-hybridized carbons (Fsp3) is 0.389. The Kier molecular flexibility index (Phi) is 6.63. The molecule has 2 rings (SSSR count). The quantitative estimate of drug-likeness (QED) is 0.708. The van der Waals surface area contributed by atoms with Crippen LogP contribution in [0.15, 0.2) is 35.5 Å². The molecule has 0 saturated carbocycles. The van der Waals surface area contributed by atoms with Crippen molar-refractivity contribution in [3.8, 4) is 0 Å². The summed E-state index contributed by atoms with van der Waals surface area (Å²) in [5.74, 6) is -1.48. The van der Waals surface area contributed by atoms with Crippen LogP contribution in [-0.4, -0.2) is 41.1 Å². The molecule has 2 N–H and O–H groups in total. The fourth-order valence-corrected chi connectivity index (χ4v) is 3.10. The van der Waals surface area contributed by atoms with E-state index in [0.717, 1.165) is 0 Å². The van der Waals surface area contributed by atoms with E-state index < -0.39 is 24.0 Å². The summed E-state index contributed by atoms with van der Waals surface area (Å²) >= 11 is 6.25. The highest BCUT2D eigenvalue weighted by Crippen LogP contribution is 2.34. The Labute approximate surface area is 156 Å². The molecule has 0 aromatic heterocycles. The number of nitrogens with zero attached hydrogens (tertiary/aromatic N) is 1. The molecule has 2 amide bonds. The molecule has 1 atom stereocenters. The molecule has 0 bridgehead atoms. The minimum absolute atomic E-state index is 0.0697. The highest BCUT2D eigenvalue weighted by molar-refractivity contribution is 6.31. The largest absolute Gasteiger partial charge is 0.481 e. The normalized spacial score (nSPS) is 17.1. The minimum atomic E-state index is -0.941. The van der Waals surface area contributed by atoms with Crippen LogP contribution >= 0.6 is 11.6 Å². The van der Waals surface area contributed by atoms with Gasteiger partial charge in [0.25, 0.3) is 0 Å². The molecule has 0 radical (unpaired) electrons. The van der Waals surface area contributed by atoms with Gasteiger partial charge in [0.1, 0.15) is 0 Å². The maximum Gasteiger partial charge on any atom is 0.338 e. The van der Waals surface area contributed by atoms with Crippen molar-refractivity contribution in [2.24, 2.45) is 0 Å². The number of carboxylic acid groups (broad SMARTS) is 1. The van der Waals surface area contributed by atoms with Gasteiger partial charge >= 0.3 is 18.0 Å². The van der Waals surface area contributed by atoms with E-state index in [9.17, 15) is 14.4 Å². The molecule has 26 heavy (non-hydrogen) atoms. The summed E-state index contributed by atoms with van der Waals surface area (Å²) in [6.07, 6.45) is 0.201.